The molecular formula is C18H29N3O3S. The maximum atomic E-state index is 12.8. The second-order valence-electron chi connectivity index (χ2n) is 6.40. The van der Waals surface area contributed by atoms with Crippen molar-refractivity contribution in [2.75, 3.05) is 32.7 Å². The van der Waals surface area contributed by atoms with Gasteiger partial charge in [0.05, 0.1) is 10.9 Å². The topological polar surface area (TPSA) is 69.7 Å². The van der Waals surface area contributed by atoms with E-state index >= 15 is 0 Å². The van der Waals surface area contributed by atoms with Crippen LogP contribution in [0.5, 0.6) is 0 Å². The smallest absolute Gasteiger partial charge is 0.243 e. The highest BCUT2D eigenvalue weighted by Crippen LogP contribution is 2.19. The van der Waals surface area contributed by atoms with Gasteiger partial charge in [-0.15, -0.1) is 0 Å². The molecule has 0 aromatic heterocycles. The van der Waals surface area contributed by atoms with Gasteiger partial charge < -0.3 is 5.32 Å². The minimum Gasteiger partial charge on any atom is -0.355 e. The second kappa shape index (κ2) is 8.78. The van der Waals surface area contributed by atoms with Crippen molar-refractivity contribution in [3.63, 3.8) is 0 Å². The van der Waals surface area contributed by atoms with E-state index in [9.17, 15) is 13.2 Å². The summed E-state index contributed by atoms with van der Waals surface area (Å²) in [6.07, 6.45) is 1.99. The highest BCUT2D eigenvalue weighted by atomic mass is 32.2. The molecule has 1 N–H and O–H groups in total. The molecule has 0 unspecified atom stereocenters. The molecule has 2 rings (SSSR count). The first-order chi connectivity index (χ1) is 11.9. The molecule has 7 heteroatoms. The first kappa shape index (κ1) is 19.9. The Morgan fingerprint density at radius 3 is 2.24 bits per heavy atom. The summed E-state index contributed by atoms with van der Waals surface area (Å²) < 4.78 is 27.1. The average Bonchev–Trinajstić information content (AvgIpc) is 2.62. The number of benzene rings is 1. The molecule has 0 aliphatic carbocycles. The predicted molar refractivity (Wildman–Crippen MR) is 98.9 cm³/mol. The van der Waals surface area contributed by atoms with Gasteiger partial charge in [0.25, 0.3) is 0 Å². The van der Waals surface area contributed by atoms with E-state index in [0.29, 0.717) is 37.6 Å². The molecule has 1 saturated heterocycles. The Morgan fingerprint density at radius 1 is 1.12 bits per heavy atom. The second-order valence-corrected chi connectivity index (χ2v) is 8.34. The van der Waals surface area contributed by atoms with Crippen molar-refractivity contribution < 1.29 is 13.2 Å². The summed E-state index contributed by atoms with van der Waals surface area (Å²) in [6, 6.07) is 6.94. The van der Waals surface area contributed by atoms with Crippen molar-refractivity contribution in [1.29, 1.82) is 0 Å². The van der Waals surface area contributed by atoms with E-state index in [1.807, 2.05) is 30.9 Å². The maximum Gasteiger partial charge on any atom is 0.243 e. The standard InChI is InChI=1S/C18H29N3O3S/c1-4-6-16-7-9-17(10-8-16)25(23,24)21-13-11-20(12-14-21)15(3)18(22)19-5-2/h7-10,15H,4-6,11-14H2,1-3H3,(H,19,22)/t15-/m1/s1. The number of rotatable bonds is 7. The van der Waals surface area contributed by atoms with Crippen LogP contribution in [0.25, 0.3) is 0 Å². The Balaban J connectivity index is 2.00. The molecule has 1 amide bonds. The van der Waals surface area contributed by atoms with Gasteiger partial charge >= 0.3 is 0 Å². The van der Waals surface area contributed by atoms with Gasteiger partial charge in [0.15, 0.2) is 0 Å². The number of aryl methyl sites for hydroxylation is 1. The number of nitrogens with one attached hydrogen (secondary N) is 1. The number of hydrogen-bond acceptors (Lipinski definition) is 4. The van der Waals surface area contributed by atoms with Crippen LogP contribution in [0.3, 0.4) is 0 Å². The van der Waals surface area contributed by atoms with Gasteiger partial charge in [-0.1, -0.05) is 25.5 Å². The van der Waals surface area contributed by atoms with Crippen molar-refractivity contribution in [1.82, 2.24) is 14.5 Å². The highest BCUT2D eigenvalue weighted by Gasteiger charge is 2.31. The number of carbonyl (C=O) groups is 1. The number of carbonyl (C=O) groups excluding carboxylic acids is 1. The van der Waals surface area contributed by atoms with Crippen LogP contribution < -0.4 is 5.32 Å². The van der Waals surface area contributed by atoms with E-state index in [4.69, 9.17) is 0 Å². The number of amides is 1. The molecule has 0 saturated carbocycles. The molecule has 25 heavy (non-hydrogen) atoms. The Bertz CT molecular complexity index is 665. The maximum absolute atomic E-state index is 12.8. The zero-order chi connectivity index (χ0) is 18.4. The summed E-state index contributed by atoms with van der Waals surface area (Å²) in [4.78, 5) is 14.3. The lowest BCUT2D eigenvalue weighted by Crippen LogP contribution is -2.54. The fourth-order valence-corrected chi connectivity index (χ4v) is 4.51. The predicted octanol–water partition coefficient (Wildman–Crippen LogP) is 1.47. The van der Waals surface area contributed by atoms with Crippen LogP contribution in [0.2, 0.25) is 0 Å². The van der Waals surface area contributed by atoms with Crippen LogP contribution in [-0.4, -0.2) is 62.3 Å². The van der Waals surface area contributed by atoms with Gasteiger partial charge in [-0.2, -0.15) is 4.31 Å². The molecule has 0 radical (unpaired) electrons. The van der Waals surface area contributed by atoms with Crippen LogP contribution >= 0.6 is 0 Å². The Labute approximate surface area is 151 Å². The molecule has 1 atom stereocenters. The number of nitrogens with zero attached hydrogens (tertiary/aromatic N) is 2. The molecule has 0 bridgehead atoms. The number of sulfonamides is 1. The van der Waals surface area contributed by atoms with E-state index in [-0.39, 0.29) is 11.9 Å². The molecule has 1 aliphatic heterocycles. The Hall–Kier alpha value is -1.44. The average molecular weight is 368 g/mol. The fraction of sp³-hybridized carbons (Fsp3) is 0.611. The number of likely N-dealkylation sites (N-methyl/N-ethyl adjacent to an activating group) is 1. The van der Waals surface area contributed by atoms with Gasteiger partial charge in [-0.25, -0.2) is 8.42 Å². The van der Waals surface area contributed by atoms with Crippen LogP contribution in [0.15, 0.2) is 29.2 Å². The summed E-state index contributed by atoms with van der Waals surface area (Å²) in [7, 11) is -3.47. The van der Waals surface area contributed by atoms with Gasteiger partial charge in [0, 0.05) is 32.7 Å². The summed E-state index contributed by atoms with van der Waals surface area (Å²) in [5.74, 6) is -0.00896. The summed E-state index contributed by atoms with van der Waals surface area (Å²) in [5.41, 5.74) is 1.15. The van der Waals surface area contributed by atoms with E-state index in [1.54, 1.807) is 12.1 Å². The molecular weight excluding hydrogens is 338 g/mol. The molecule has 1 aromatic rings. The highest BCUT2D eigenvalue weighted by molar-refractivity contribution is 7.89. The van der Waals surface area contributed by atoms with Crippen molar-refractivity contribution in [3.8, 4) is 0 Å². The lowest BCUT2D eigenvalue weighted by molar-refractivity contribution is -0.126. The minimum absolute atomic E-state index is 0.00896. The lowest BCUT2D eigenvalue weighted by atomic mass is 10.1. The normalized spacial score (nSPS) is 18.0. The Kier molecular flexibility index (Phi) is 6.98. The van der Waals surface area contributed by atoms with Crippen LogP contribution in [0.1, 0.15) is 32.8 Å². The lowest BCUT2D eigenvalue weighted by Gasteiger charge is -2.36. The summed E-state index contributed by atoms with van der Waals surface area (Å²) >= 11 is 0. The monoisotopic (exact) mass is 367 g/mol. The van der Waals surface area contributed by atoms with Crippen LogP contribution in [0.4, 0.5) is 0 Å². The van der Waals surface area contributed by atoms with Gasteiger partial charge in [-0.05, 0) is 38.0 Å². The third-order valence-electron chi connectivity index (χ3n) is 4.65. The summed E-state index contributed by atoms with van der Waals surface area (Å²) in [6.45, 7) is 8.39. The molecule has 1 aliphatic rings. The largest absolute Gasteiger partial charge is 0.355 e. The third kappa shape index (κ3) is 4.80. The minimum atomic E-state index is -3.47. The number of piperazine rings is 1. The van der Waals surface area contributed by atoms with Gasteiger partial charge in [-0.3, -0.25) is 9.69 Å². The first-order valence-electron chi connectivity index (χ1n) is 9.01. The molecule has 1 fully saturated rings. The fourth-order valence-electron chi connectivity index (χ4n) is 3.08. The molecule has 140 valence electrons. The van der Waals surface area contributed by atoms with Crippen molar-refractivity contribution >= 4 is 15.9 Å². The molecule has 1 heterocycles. The zero-order valence-corrected chi connectivity index (χ0v) is 16.2. The Morgan fingerprint density at radius 2 is 1.72 bits per heavy atom. The van der Waals surface area contributed by atoms with E-state index in [0.717, 1.165) is 18.4 Å². The molecule has 0 spiro atoms. The molecule has 1 aromatic carbocycles. The molecule has 6 nitrogen and oxygen atoms in total. The van der Waals surface area contributed by atoms with E-state index in [1.165, 1.54) is 4.31 Å². The van der Waals surface area contributed by atoms with Gasteiger partial charge in [0.1, 0.15) is 0 Å². The van der Waals surface area contributed by atoms with Crippen molar-refractivity contribution in [2.24, 2.45) is 0 Å². The van der Waals surface area contributed by atoms with Crippen LogP contribution in [0, 0.1) is 0 Å². The van der Waals surface area contributed by atoms with Crippen LogP contribution in [-0.2, 0) is 21.2 Å². The zero-order valence-electron chi connectivity index (χ0n) is 15.4. The quantitative estimate of drug-likeness (QED) is 0.792. The number of hydrogen-bond donors (Lipinski definition) is 1. The van der Waals surface area contributed by atoms with Crippen molar-refractivity contribution in [2.45, 2.75) is 44.6 Å². The third-order valence-corrected chi connectivity index (χ3v) is 6.56. The SMILES string of the molecule is CCCc1ccc(S(=O)(=O)N2CCN([C@H](C)C(=O)NCC)CC2)cc1. The van der Waals surface area contributed by atoms with Gasteiger partial charge in [0.2, 0.25) is 15.9 Å². The van der Waals surface area contributed by atoms with E-state index in [2.05, 4.69) is 12.2 Å². The van der Waals surface area contributed by atoms with E-state index < -0.39 is 10.0 Å². The first-order valence-corrected chi connectivity index (χ1v) is 10.4. The summed E-state index contributed by atoms with van der Waals surface area (Å²) in [5, 5.41) is 2.81. The van der Waals surface area contributed by atoms with Crippen molar-refractivity contribution in [3.05, 3.63) is 29.8 Å².